The van der Waals surface area contributed by atoms with Crippen molar-refractivity contribution in [2.45, 2.75) is 25.8 Å². The lowest BCUT2D eigenvalue weighted by atomic mass is 10.0. The number of rotatable bonds is 7. The highest BCUT2D eigenvalue weighted by Gasteiger charge is 2.17. The van der Waals surface area contributed by atoms with E-state index in [4.69, 9.17) is 9.47 Å². The maximum atomic E-state index is 12.8. The van der Waals surface area contributed by atoms with Crippen molar-refractivity contribution in [1.82, 2.24) is 0 Å². The molecule has 0 aliphatic carbocycles. The van der Waals surface area contributed by atoms with Crippen molar-refractivity contribution >= 4 is 17.5 Å². The molecule has 0 unspecified atom stereocenters. The first-order chi connectivity index (χ1) is 15.2. The van der Waals surface area contributed by atoms with E-state index in [1.807, 2.05) is 24.3 Å². The lowest BCUT2D eigenvalue weighted by molar-refractivity contribution is -0.918. The number of anilines is 1. The number of morpholine rings is 1. The number of quaternary nitrogens is 1. The molecule has 2 aliphatic heterocycles. The molecule has 0 amide bonds. The molecule has 0 aromatic heterocycles. The van der Waals surface area contributed by atoms with Crippen LogP contribution in [0.4, 0.5) is 5.69 Å². The van der Waals surface area contributed by atoms with E-state index in [0.717, 1.165) is 49.7 Å². The highest BCUT2D eigenvalue weighted by molar-refractivity contribution is 6.07. The zero-order chi connectivity index (χ0) is 21.5. The smallest absolute Gasteiger partial charge is 0.185 e. The molecule has 31 heavy (non-hydrogen) atoms. The summed E-state index contributed by atoms with van der Waals surface area (Å²) >= 11 is 0. The van der Waals surface area contributed by atoms with E-state index >= 15 is 0 Å². The van der Waals surface area contributed by atoms with E-state index in [1.54, 1.807) is 18.1 Å². The number of hydrogen-bond donors (Lipinski definition) is 1. The predicted molar refractivity (Wildman–Crippen MR) is 124 cm³/mol. The fourth-order valence-electron chi connectivity index (χ4n) is 4.45. The number of piperidine rings is 1. The molecule has 0 spiro atoms. The molecular weight excluding hydrogens is 388 g/mol. The molecular formula is C26H33N2O3+. The average Bonchev–Trinajstić information content (AvgIpc) is 2.84. The molecule has 2 aromatic carbocycles. The van der Waals surface area contributed by atoms with Crippen LogP contribution >= 0.6 is 0 Å². The number of benzene rings is 2. The minimum atomic E-state index is 0.0230. The molecule has 0 radical (unpaired) electrons. The summed E-state index contributed by atoms with van der Waals surface area (Å²) in [5.41, 5.74) is 4.06. The highest BCUT2D eigenvalue weighted by Crippen LogP contribution is 2.21. The van der Waals surface area contributed by atoms with Gasteiger partial charge in [0.2, 0.25) is 0 Å². The monoisotopic (exact) mass is 421 g/mol. The quantitative estimate of drug-likeness (QED) is 0.551. The number of nitrogens with one attached hydrogen (secondary N) is 1. The molecule has 0 atom stereocenters. The Morgan fingerprint density at radius 1 is 1.06 bits per heavy atom. The fraction of sp³-hybridized carbons (Fsp3) is 0.423. The van der Waals surface area contributed by atoms with Gasteiger partial charge in [0.05, 0.1) is 33.4 Å². The Kier molecular flexibility index (Phi) is 7.39. The first-order valence-corrected chi connectivity index (χ1v) is 11.4. The zero-order valence-electron chi connectivity index (χ0n) is 18.4. The molecule has 2 heterocycles. The first-order valence-electron chi connectivity index (χ1n) is 11.4. The first kappa shape index (κ1) is 21.6. The van der Waals surface area contributed by atoms with Gasteiger partial charge in [-0.15, -0.1) is 0 Å². The molecule has 5 nitrogen and oxygen atoms in total. The summed E-state index contributed by atoms with van der Waals surface area (Å²) < 4.78 is 11.0. The van der Waals surface area contributed by atoms with Crippen molar-refractivity contribution < 1.29 is 19.2 Å². The van der Waals surface area contributed by atoms with Crippen LogP contribution in [0.25, 0.3) is 6.08 Å². The summed E-state index contributed by atoms with van der Waals surface area (Å²) in [4.78, 5) is 16.7. The Morgan fingerprint density at radius 2 is 1.81 bits per heavy atom. The molecule has 2 saturated heterocycles. The van der Waals surface area contributed by atoms with Gasteiger partial charge in [-0.2, -0.15) is 0 Å². The van der Waals surface area contributed by atoms with Gasteiger partial charge in [0.25, 0.3) is 0 Å². The van der Waals surface area contributed by atoms with Crippen LogP contribution in [0.1, 0.15) is 40.7 Å². The third-order valence-electron chi connectivity index (χ3n) is 6.26. The van der Waals surface area contributed by atoms with Gasteiger partial charge in [0.1, 0.15) is 12.3 Å². The summed E-state index contributed by atoms with van der Waals surface area (Å²) in [6.07, 6.45) is 7.46. The van der Waals surface area contributed by atoms with Crippen molar-refractivity contribution in [3.8, 4) is 5.75 Å². The highest BCUT2D eigenvalue weighted by atomic mass is 16.5. The summed E-state index contributed by atoms with van der Waals surface area (Å²) in [6, 6.07) is 14.2. The number of ketones is 1. The molecule has 2 fully saturated rings. The summed E-state index contributed by atoms with van der Waals surface area (Å²) in [5, 5.41) is 0. The summed E-state index contributed by atoms with van der Waals surface area (Å²) in [7, 11) is 1.70. The van der Waals surface area contributed by atoms with E-state index in [-0.39, 0.29) is 5.78 Å². The third-order valence-corrected chi connectivity index (χ3v) is 6.26. The Morgan fingerprint density at radius 3 is 2.52 bits per heavy atom. The molecule has 0 saturated carbocycles. The number of carbonyl (C=O) groups excluding carboxylic acids is 1. The molecule has 1 N–H and O–H groups in total. The van der Waals surface area contributed by atoms with Crippen LogP contribution in [0.3, 0.4) is 0 Å². The van der Waals surface area contributed by atoms with Crippen LogP contribution in [-0.2, 0) is 11.3 Å². The van der Waals surface area contributed by atoms with Gasteiger partial charge in [-0.05, 0) is 61.2 Å². The number of carbonyl (C=O) groups is 1. The second kappa shape index (κ2) is 10.6. The van der Waals surface area contributed by atoms with E-state index in [9.17, 15) is 4.79 Å². The number of methoxy groups -OCH3 is 1. The van der Waals surface area contributed by atoms with Crippen LogP contribution in [0.5, 0.6) is 5.75 Å². The molecule has 2 aliphatic rings. The second-order valence-electron chi connectivity index (χ2n) is 8.40. The molecule has 2 aromatic rings. The Balaban J connectivity index is 1.42. The standard InChI is InChI=1S/C26H32N2O3/c1-30-26-12-8-22(19-23(26)20-27-13-3-2-4-14-27)25(29)11-7-21-5-9-24(10-6-21)28-15-17-31-18-16-28/h5-12,19H,2-4,13-18,20H2,1H3/p+1/b11-7+. The predicted octanol–water partition coefficient (Wildman–Crippen LogP) is 3.00. The van der Waals surface area contributed by atoms with Crippen LogP contribution in [0, 0.1) is 0 Å². The largest absolute Gasteiger partial charge is 0.496 e. The third kappa shape index (κ3) is 5.75. The van der Waals surface area contributed by atoms with Gasteiger partial charge in [-0.1, -0.05) is 18.2 Å². The van der Waals surface area contributed by atoms with Gasteiger partial charge < -0.3 is 19.3 Å². The van der Waals surface area contributed by atoms with Gasteiger partial charge in [0.15, 0.2) is 5.78 Å². The number of ether oxygens (including phenoxy) is 2. The van der Waals surface area contributed by atoms with Crippen LogP contribution in [0.15, 0.2) is 48.5 Å². The molecule has 164 valence electrons. The van der Waals surface area contributed by atoms with Crippen molar-refractivity contribution in [1.29, 1.82) is 0 Å². The van der Waals surface area contributed by atoms with Crippen LogP contribution in [-0.4, -0.2) is 52.3 Å². The zero-order valence-corrected chi connectivity index (χ0v) is 18.4. The number of allylic oxidation sites excluding steroid dienone is 1. The fourth-order valence-corrected chi connectivity index (χ4v) is 4.45. The maximum absolute atomic E-state index is 12.8. The minimum absolute atomic E-state index is 0.0230. The van der Waals surface area contributed by atoms with Crippen molar-refractivity contribution in [3.63, 3.8) is 0 Å². The summed E-state index contributed by atoms with van der Waals surface area (Å²) in [6.45, 7) is 6.71. The van der Waals surface area contributed by atoms with E-state index in [2.05, 4.69) is 29.2 Å². The van der Waals surface area contributed by atoms with Crippen molar-refractivity contribution in [3.05, 3.63) is 65.2 Å². The van der Waals surface area contributed by atoms with Crippen LogP contribution < -0.4 is 14.5 Å². The van der Waals surface area contributed by atoms with Crippen molar-refractivity contribution in [2.75, 3.05) is 51.4 Å². The van der Waals surface area contributed by atoms with Gasteiger partial charge in [-0.3, -0.25) is 4.79 Å². The van der Waals surface area contributed by atoms with E-state index < -0.39 is 0 Å². The average molecular weight is 422 g/mol. The van der Waals surface area contributed by atoms with Crippen LogP contribution in [0.2, 0.25) is 0 Å². The van der Waals surface area contributed by atoms with E-state index in [1.165, 1.54) is 38.0 Å². The number of likely N-dealkylation sites (tertiary alicyclic amines) is 1. The molecule has 5 heteroatoms. The Hall–Kier alpha value is -2.63. The van der Waals surface area contributed by atoms with Gasteiger partial charge in [-0.25, -0.2) is 0 Å². The molecule has 4 rings (SSSR count). The summed E-state index contributed by atoms with van der Waals surface area (Å²) in [5.74, 6) is 0.895. The maximum Gasteiger partial charge on any atom is 0.185 e. The van der Waals surface area contributed by atoms with Gasteiger partial charge >= 0.3 is 0 Å². The van der Waals surface area contributed by atoms with Crippen molar-refractivity contribution in [2.24, 2.45) is 0 Å². The lowest BCUT2D eigenvalue weighted by Gasteiger charge is -2.28. The lowest BCUT2D eigenvalue weighted by Crippen LogP contribution is -3.11. The SMILES string of the molecule is COc1ccc(C(=O)/C=C/c2ccc(N3CCOCC3)cc2)cc1C[NH+]1CCCCC1. The van der Waals surface area contributed by atoms with Gasteiger partial charge in [0, 0.05) is 29.9 Å². The molecule has 0 bridgehead atoms. The van der Waals surface area contributed by atoms with E-state index in [0.29, 0.717) is 5.56 Å². The normalized spacial score (nSPS) is 17.8. The number of nitrogens with zero attached hydrogens (tertiary/aromatic N) is 1. The number of hydrogen-bond acceptors (Lipinski definition) is 4. The minimum Gasteiger partial charge on any atom is -0.496 e. The Labute approximate surface area is 185 Å². The topological polar surface area (TPSA) is 43.2 Å². The second-order valence-corrected chi connectivity index (χ2v) is 8.40. The Bertz CT molecular complexity index is 895.